The molecule has 0 amide bonds. The predicted octanol–water partition coefficient (Wildman–Crippen LogP) is 3.68. The predicted molar refractivity (Wildman–Crippen MR) is 103 cm³/mol. The van der Waals surface area contributed by atoms with Crippen molar-refractivity contribution in [1.82, 2.24) is 10.6 Å². The van der Waals surface area contributed by atoms with Crippen molar-refractivity contribution >= 4 is 17.7 Å². The van der Waals surface area contributed by atoms with Crippen LogP contribution in [0.2, 0.25) is 0 Å². The molecule has 1 aromatic rings. The van der Waals surface area contributed by atoms with Crippen LogP contribution in [0.15, 0.2) is 29.3 Å². The number of rotatable bonds is 12. The minimum Gasteiger partial charge on any atom is -0.494 e. The highest BCUT2D eigenvalue weighted by Gasteiger charge is 1.98. The molecule has 0 heterocycles. The van der Waals surface area contributed by atoms with Crippen LogP contribution in [0.25, 0.3) is 0 Å². The summed E-state index contributed by atoms with van der Waals surface area (Å²) >= 11 is 1.88. The molecule has 1 aromatic carbocycles. The molecule has 0 atom stereocenters. The minimum atomic E-state index is -0.241. The number of guanidine groups is 1. The summed E-state index contributed by atoms with van der Waals surface area (Å²) in [5, 5.41) is 6.61. The van der Waals surface area contributed by atoms with Crippen molar-refractivity contribution in [3.63, 3.8) is 0 Å². The normalized spacial score (nSPS) is 11.4. The molecule has 4 nitrogen and oxygen atoms in total. The molecule has 0 saturated carbocycles. The topological polar surface area (TPSA) is 45.7 Å². The maximum absolute atomic E-state index is 12.8. The van der Waals surface area contributed by atoms with Gasteiger partial charge in [-0.05, 0) is 68.9 Å². The Balaban J connectivity index is 2.11. The van der Waals surface area contributed by atoms with Gasteiger partial charge in [0.1, 0.15) is 11.6 Å². The van der Waals surface area contributed by atoms with E-state index >= 15 is 0 Å². The Morgan fingerprint density at radius 3 is 2.62 bits per heavy atom. The van der Waals surface area contributed by atoms with Crippen LogP contribution in [0, 0.1) is 5.82 Å². The summed E-state index contributed by atoms with van der Waals surface area (Å²) < 4.78 is 18.4. The Morgan fingerprint density at radius 1 is 1.12 bits per heavy atom. The van der Waals surface area contributed by atoms with Gasteiger partial charge < -0.3 is 15.4 Å². The van der Waals surface area contributed by atoms with Crippen LogP contribution in [0.4, 0.5) is 4.39 Å². The van der Waals surface area contributed by atoms with Crippen LogP contribution in [0.1, 0.15) is 32.6 Å². The van der Waals surface area contributed by atoms with E-state index in [0.717, 1.165) is 44.9 Å². The second-order valence-electron chi connectivity index (χ2n) is 5.40. The highest BCUT2D eigenvalue weighted by atomic mass is 32.2. The number of aliphatic imine (C=N–C) groups is 1. The van der Waals surface area contributed by atoms with Crippen LogP contribution in [0.3, 0.4) is 0 Å². The molecular formula is C18H30FN3OS. The Bertz CT molecular complexity index is 454. The SMILES string of the molecule is CCNC(=NCCCCSC)NCCCCOc1ccc(F)cc1. The van der Waals surface area contributed by atoms with Crippen molar-refractivity contribution in [3.05, 3.63) is 30.1 Å². The van der Waals surface area contributed by atoms with Gasteiger partial charge in [-0.1, -0.05) is 0 Å². The fourth-order valence-corrected chi connectivity index (χ4v) is 2.54. The molecule has 0 spiro atoms. The van der Waals surface area contributed by atoms with Gasteiger partial charge in [-0.15, -0.1) is 0 Å². The minimum absolute atomic E-state index is 0.241. The quantitative estimate of drug-likeness (QED) is 0.341. The number of halogens is 1. The van der Waals surface area contributed by atoms with Crippen LogP contribution < -0.4 is 15.4 Å². The van der Waals surface area contributed by atoms with E-state index in [0.29, 0.717) is 12.4 Å². The van der Waals surface area contributed by atoms with Gasteiger partial charge in [-0.25, -0.2) is 4.39 Å². The van der Waals surface area contributed by atoms with Crippen molar-refractivity contribution in [2.75, 3.05) is 38.2 Å². The highest BCUT2D eigenvalue weighted by Crippen LogP contribution is 2.11. The zero-order valence-corrected chi connectivity index (χ0v) is 15.6. The molecular weight excluding hydrogens is 325 g/mol. The van der Waals surface area contributed by atoms with Gasteiger partial charge in [-0.2, -0.15) is 11.8 Å². The highest BCUT2D eigenvalue weighted by molar-refractivity contribution is 7.98. The molecule has 0 bridgehead atoms. The number of nitrogens with one attached hydrogen (secondary N) is 2. The van der Waals surface area contributed by atoms with Crippen LogP contribution >= 0.6 is 11.8 Å². The number of unbranched alkanes of at least 4 members (excludes halogenated alkanes) is 2. The fraction of sp³-hybridized carbons (Fsp3) is 0.611. The maximum atomic E-state index is 12.8. The van der Waals surface area contributed by atoms with Crippen molar-refractivity contribution in [1.29, 1.82) is 0 Å². The second kappa shape index (κ2) is 14.0. The van der Waals surface area contributed by atoms with E-state index < -0.39 is 0 Å². The number of nitrogens with zero attached hydrogens (tertiary/aromatic N) is 1. The lowest BCUT2D eigenvalue weighted by atomic mass is 10.3. The number of hydrogen-bond donors (Lipinski definition) is 2. The largest absolute Gasteiger partial charge is 0.494 e. The van der Waals surface area contributed by atoms with Gasteiger partial charge in [-0.3, -0.25) is 4.99 Å². The van der Waals surface area contributed by atoms with Gasteiger partial charge in [0.05, 0.1) is 6.61 Å². The molecule has 0 aliphatic rings. The monoisotopic (exact) mass is 355 g/mol. The molecule has 1 rings (SSSR count). The smallest absolute Gasteiger partial charge is 0.191 e. The summed E-state index contributed by atoms with van der Waals surface area (Å²) in [6, 6.07) is 6.13. The molecule has 136 valence electrons. The third-order valence-corrected chi connectivity index (χ3v) is 4.01. The van der Waals surface area contributed by atoms with E-state index in [1.165, 1.54) is 24.3 Å². The molecule has 6 heteroatoms. The zero-order valence-electron chi connectivity index (χ0n) is 14.8. The van der Waals surface area contributed by atoms with Crippen LogP contribution in [0.5, 0.6) is 5.75 Å². The Labute approximate surface area is 149 Å². The van der Waals surface area contributed by atoms with Gasteiger partial charge in [0, 0.05) is 19.6 Å². The van der Waals surface area contributed by atoms with E-state index in [2.05, 4.69) is 28.8 Å². The molecule has 0 fully saturated rings. The Kier molecular flexibility index (Phi) is 12.0. The number of thioether (sulfide) groups is 1. The lowest BCUT2D eigenvalue weighted by Gasteiger charge is -2.11. The third-order valence-electron chi connectivity index (χ3n) is 3.32. The molecule has 0 radical (unpaired) electrons. The van der Waals surface area contributed by atoms with E-state index in [4.69, 9.17) is 4.74 Å². The molecule has 0 saturated heterocycles. The Morgan fingerprint density at radius 2 is 1.92 bits per heavy atom. The first-order valence-corrected chi connectivity index (χ1v) is 10.0. The average Bonchev–Trinajstić information content (AvgIpc) is 2.59. The van der Waals surface area contributed by atoms with Gasteiger partial charge in [0.2, 0.25) is 0 Å². The van der Waals surface area contributed by atoms with Gasteiger partial charge in [0.25, 0.3) is 0 Å². The van der Waals surface area contributed by atoms with Crippen LogP contribution in [-0.4, -0.2) is 44.2 Å². The summed E-state index contributed by atoms with van der Waals surface area (Å²) in [4.78, 5) is 4.58. The lowest BCUT2D eigenvalue weighted by molar-refractivity contribution is 0.306. The molecule has 0 aliphatic carbocycles. The van der Waals surface area contributed by atoms with E-state index in [9.17, 15) is 4.39 Å². The molecule has 24 heavy (non-hydrogen) atoms. The summed E-state index contributed by atoms with van der Waals surface area (Å²) in [5.74, 6) is 2.56. The molecule has 2 N–H and O–H groups in total. The standard InChI is InChI=1S/C18H30FN3OS/c1-3-20-18(22-13-5-7-15-24-2)21-12-4-6-14-23-17-10-8-16(19)9-11-17/h8-11H,3-7,12-15H2,1-2H3,(H2,20,21,22). The summed E-state index contributed by atoms with van der Waals surface area (Å²) in [6.45, 7) is 5.30. The fourth-order valence-electron chi connectivity index (χ4n) is 2.05. The van der Waals surface area contributed by atoms with Gasteiger partial charge >= 0.3 is 0 Å². The van der Waals surface area contributed by atoms with E-state index in [1.54, 1.807) is 12.1 Å². The lowest BCUT2D eigenvalue weighted by Crippen LogP contribution is -2.38. The number of benzene rings is 1. The van der Waals surface area contributed by atoms with Crippen LogP contribution in [-0.2, 0) is 0 Å². The zero-order chi connectivity index (χ0) is 17.5. The molecule has 0 unspecified atom stereocenters. The summed E-state index contributed by atoms with van der Waals surface area (Å²) in [6.07, 6.45) is 6.41. The van der Waals surface area contributed by atoms with Crippen molar-refractivity contribution in [2.24, 2.45) is 4.99 Å². The summed E-state index contributed by atoms with van der Waals surface area (Å²) in [7, 11) is 0. The number of ether oxygens (including phenoxy) is 1. The van der Waals surface area contributed by atoms with Crippen molar-refractivity contribution in [3.8, 4) is 5.75 Å². The van der Waals surface area contributed by atoms with Crippen molar-refractivity contribution < 1.29 is 9.13 Å². The first kappa shape index (κ1) is 20.6. The van der Waals surface area contributed by atoms with Crippen molar-refractivity contribution in [2.45, 2.75) is 32.6 Å². The van der Waals surface area contributed by atoms with E-state index in [-0.39, 0.29) is 5.82 Å². The summed E-state index contributed by atoms with van der Waals surface area (Å²) in [5.41, 5.74) is 0. The maximum Gasteiger partial charge on any atom is 0.191 e. The molecule has 0 aliphatic heterocycles. The molecule has 0 aromatic heterocycles. The van der Waals surface area contributed by atoms with E-state index in [1.807, 2.05) is 11.8 Å². The number of hydrogen-bond acceptors (Lipinski definition) is 3. The third kappa shape index (κ3) is 10.4. The first-order chi connectivity index (χ1) is 11.8. The van der Waals surface area contributed by atoms with Gasteiger partial charge in [0.15, 0.2) is 5.96 Å². The second-order valence-corrected chi connectivity index (χ2v) is 6.38. The Hall–Kier alpha value is -1.43. The first-order valence-electron chi connectivity index (χ1n) is 8.65. The average molecular weight is 356 g/mol.